The number of carboxylic acid groups (broad SMARTS) is 1. The first kappa shape index (κ1) is 17.9. The predicted octanol–water partition coefficient (Wildman–Crippen LogP) is 4.58. The van der Waals surface area contributed by atoms with Crippen molar-refractivity contribution in [2.24, 2.45) is 0 Å². The number of benzene rings is 2. The van der Waals surface area contributed by atoms with Crippen molar-refractivity contribution in [3.05, 3.63) is 83.0 Å². The molecule has 0 bridgehead atoms. The van der Waals surface area contributed by atoms with Gasteiger partial charge in [0.1, 0.15) is 17.9 Å². The van der Waals surface area contributed by atoms with Crippen LogP contribution in [0.2, 0.25) is 0 Å². The first-order valence-corrected chi connectivity index (χ1v) is 9.51. The van der Waals surface area contributed by atoms with Crippen LogP contribution in [0, 0.1) is 6.92 Å². The SMILES string of the molecule is Cc1c(C(=O)O)cnn1-c1nc(-c2cccc(OCc3ccccc3)c2)cs1. The van der Waals surface area contributed by atoms with Gasteiger partial charge in [-0.15, -0.1) is 11.3 Å². The number of nitrogens with zero attached hydrogens (tertiary/aromatic N) is 3. The molecule has 2 aromatic heterocycles. The van der Waals surface area contributed by atoms with Crippen molar-refractivity contribution in [3.8, 4) is 22.1 Å². The number of thiazole rings is 1. The molecule has 0 spiro atoms. The van der Waals surface area contributed by atoms with Gasteiger partial charge in [0.2, 0.25) is 5.13 Å². The van der Waals surface area contributed by atoms with E-state index in [0.717, 1.165) is 22.6 Å². The summed E-state index contributed by atoms with van der Waals surface area (Å²) in [6, 6.07) is 17.7. The molecule has 0 aliphatic rings. The van der Waals surface area contributed by atoms with E-state index in [1.54, 1.807) is 11.6 Å². The maximum Gasteiger partial charge on any atom is 0.339 e. The molecule has 2 heterocycles. The fourth-order valence-corrected chi connectivity index (χ4v) is 3.63. The zero-order chi connectivity index (χ0) is 19.5. The van der Waals surface area contributed by atoms with Gasteiger partial charge >= 0.3 is 5.97 Å². The maximum atomic E-state index is 11.2. The molecule has 0 aliphatic carbocycles. The summed E-state index contributed by atoms with van der Waals surface area (Å²) in [5.41, 5.74) is 3.54. The standard InChI is InChI=1S/C21H17N3O3S/c1-14-18(20(25)26)11-22-24(14)21-23-19(13-28-21)16-8-5-9-17(10-16)27-12-15-6-3-2-4-7-15/h2-11,13H,12H2,1H3,(H,25,26). The number of rotatable bonds is 6. The average Bonchev–Trinajstić information content (AvgIpc) is 3.34. The van der Waals surface area contributed by atoms with Gasteiger partial charge in [0.15, 0.2) is 0 Å². The highest BCUT2D eigenvalue weighted by molar-refractivity contribution is 7.12. The van der Waals surface area contributed by atoms with Crippen molar-refractivity contribution < 1.29 is 14.6 Å². The second-order valence-corrected chi connectivity index (χ2v) is 7.01. The molecular formula is C21H17N3O3S. The molecule has 7 heteroatoms. The Balaban J connectivity index is 1.55. The van der Waals surface area contributed by atoms with Gasteiger partial charge in [-0.05, 0) is 24.6 Å². The van der Waals surface area contributed by atoms with Crippen molar-refractivity contribution >= 4 is 17.3 Å². The number of hydrogen-bond acceptors (Lipinski definition) is 5. The number of aromatic carboxylic acids is 1. The summed E-state index contributed by atoms with van der Waals surface area (Å²) in [6.07, 6.45) is 1.34. The third-order valence-corrected chi connectivity index (χ3v) is 5.11. The van der Waals surface area contributed by atoms with E-state index in [1.807, 2.05) is 60.0 Å². The van der Waals surface area contributed by atoms with Crippen molar-refractivity contribution in [1.82, 2.24) is 14.8 Å². The van der Waals surface area contributed by atoms with Crippen LogP contribution in [-0.2, 0) is 6.61 Å². The van der Waals surface area contributed by atoms with Crippen LogP contribution in [0.15, 0.2) is 66.2 Å². The molecule has 1 N–H and O–H groups in total. The lowest BCUT2D eigenvalue weighted by Gasteiger charge is -2.07. The highest BCUT2D eigenvalue weighted by Gasteiger charge is 2.16. The van der Waals surface area contributed by atoms with Crippen molar-refractivity contribution in [1.29, 1.82) is 0 Å². The fraction of sp³-hybridized carbons (Fsp3) is 0.0952. The smallest absolute Gasteiger partial charge is 0.339 e. The molecule has 2 aromatic carbocycles. The van der Waals surface area contributed by atoms with Gasteiger partial charge in [-0.1, -0.05) is 42.5 Å². The van der Waals surface area contributed by atoms with Crippen molar-refractivity contribution in [3.63, 3.8) is 0 Å². The Morgan fingerprint density at radius 2 is 2.00 bits per heavy atom. The van der Waals surface area contributed by atoms with Gasteiger partial charge in [0, 0.05) is 10.9 Å². The Labute approximate surface area is 165 Å². The predicted molar refractivity (Wildman–Crippen MR) is 107 cm³/mol. The van der Waals surface area contributed by atoms with E-state index >= 15 is 0 Å². The molecule has 4 rings (SSSR count). The molecule has 0 saturated heterocycles. The zero-order valence-electron chi connectivity index (χ0n) is 15.1. The Morgan fingerprint density at radius 3 is 2.75 bits per heavy atom. The highest BCUT2D eigenvalue weighted by atomic mass is 32.1. The highest BCUT2D eigenvalue weighted by Crippen LogP contribution is 2.28. The van der Waals surface area contributed by atoms with Crippen LogP contribution in [0.5, 0.6) is 5.75 Å². The summed E-state index contributed by atoms with van der Waals surface area (Å²) in [5, 5.41) is 15.9. The minimum absolute atomic E-state index is 0.174. The third kappa shape index (κ3) is 3.65. The van der Waals surface area contributed by atoms with E-state index in [0.29, 0.717) is 17.4 Å². The summed E-state index contributed by atoms with van der Waals surface area (Å²) < 4.78 is 7.44. The lowest BCUT2D eigenvalue weighted by Crippen LogP contribution is -2.02. The molecule has 0 aliphatic heterocycles. The monoisotopic (exact) mass is 391 g/mol. The molecule has 4 aromatic rings. The molecule has 6 nitrogen and oxygen atoms in total. The Kier molecular flexibility index (Phi) is 4.90. The zero-order valence-corrected chi connectivity index (χ0v) is 15.9. The van der Waals surface area contributed by atoms with Gasteiger partial charge in [0.25, 0.3) is 0 Å². The number of aromatic nitrogens is 3. The van der Waals surface area contributed by atoms with Crippen LogP contribution in [0.3, 0.4) is 0 Å². The van der Waals surface area contributed by atoms with Crippen LogP contribution >= 0.6 is 11.3 Å². The van der Waals surface area contributed by atoms with Crippen LogP contribution in [-0.4, -0.2) is 25.8 Å². The second kappa shape index (κ2) is 7.66. The quantitative estimate of drug-likeness (QED) is 0.520. The lowest BCUT2D eigenvalue weighted by atomic mass is 10.1. The van der Waals surface area contributed by atoms with Gasteiger partial charge in [-0.3, -0.25) is 0 Å². The van der Waals surface area contributed by atoms with E-state index < -0.39 is 5.97 Å². The van der Waals surface area contributed by atoms with Crippen LogP contribution in [0.1, 0.15) is 21.6 Å². The van der Waals surface area contributed by atoms with Crippen LogP contribution in [0.4, 0.5) is 0 Å². The average molecular weight is 391 g/mol. The summed E-state index contributed by atoms with van der Waals surface area (Å²) in [5.74, 6) is -0.233. The summed E-state index contributed by atoms with van der Waals surface area (Å²) in [7, 11) is 0. The van der Waals surface area contributed by atoms with Gasteiger partial charge in [-0.2, -0.15) is 5.10 Å². The number of carbonyl (C=O) groups is 1. The minimum Gasteiger partial charge on any atom is -0.489 e. The van der Waals surface area contributed by atoms with Gasteiger partial charge < -0.3 is 9.84 Å². The van der Waals surface area contributed by atoms with E-state index in [4.69, 9.17) is 4.74 Å². The molecular weight excluding hydrogens is 374 g/mol. The molecule has 0 atom stereocenters. The summed E-state index contributed by atoms with van der Waals surface area (Å²) in [6.45, 7) is 2.21. The fourth-order valence-electron chi connectivity index (χ4n) is 2.79. The number of carboxylic acids is 1. The molecule has 0 fully saturated rings. The van der Waals surface area contributed by atoms with Gasteiger partial charge in [0.05, 0.1) is 17.6 Å². The Bertz CT molecular complexity index is 1120. The van der Waals surface area contributed by atoms with Crippen LogP contribution in [0.25, 0.3) is 16.4 Å². The Hall–Kier alpha value is -3.45. The molecule has 28 heavy (non-hydrogen) atoms. The first-order chi connectivity index (χ1) is 13.6. The third-order valence-electron chi connectivity index (χ3n) is 4.29. The largest absolute Gasteiger partial charge is 0.489 e. The van der Waals surface area contributed by atoms with E-state index in [-0.39, 0.29) is 5.56 Å². The number of ether oxygens (including phenoxy) is 1. The molecule has 0 radical (unpaired) electrons. The van der Waals surface area contributed by atoms with Crippen molar-refractivity contribution in [2.75, 3.05) is 0 Å². The minimum atomic E-state index is -0.996. The molecule has 0 saturated carbocycles. The van der Waals surface area contributed by atoms with E-state index in [2.05, 4.69) is 10.1 Å². The lowest BCUT2D eigenvalue weighted by molar-refractivity contribution is 0.0696. The van der Waals surface area contributed by atoms with E-state index in [1.165, 1.54) is 17.5 Å². The van der Waals surface area contributed by atoms with Gasteiger partial charge in [-0.25, -0.2) is 14.5 Å². The first-order valence-electron chi connectivity index (χ1n) is 8.63. The summed E-state index contributed by atoms with van der Waals surface area (Å²) >= 11 is 1.41. The molecule has 140 valence electrons. The second-order valence-electron chi connectivity index (χ2n) is 6.18. The van der Waals surface area contributed by atoms with E-state index in [9.17, 15) is 9.90 Å². The number of hydrogen-bond donors (Lipinski definition) is 1. The Morgan fingerprint density at radius 1 is 1.18 bits per heavy atom. The normalized spacial score (nSPS) is 10.8. The molecule has 0 amide bonds. The summed E-state index contributed by atoms with van der Waals surface area (Å²) in [4.78, 5) is 15.8. The maximum absolute atomic E-state index is 11.2. The molecule has 0 unspecified atom stereocenters. The van der Waals surface area contributed by atoms with Crippen molar-refractivity contribution in [2.45, 2.75) is 13.5 Å². The topological polar surface area (TPSA) is 77.2 Å². The van der Waals surface area contributed by atoms with Crippen LogP contribution < -0.4 is 4.74 Å².